The zero-order chi connectivity index (χ0) is 13.9. The molecule has 0 fully saturated rings. The van der Waals surface area contributed by atoms with Gasteiger partial charge < -0.3 is 5.11 Å². The van der Waals surface area contributed by atoms with Crippen LogP contribution in [0.4, 0.5) is 0 Å². The van der Waals surface area contributed by atoms with E-state index in [-0.39, 0.29) is 4.90 Å². The molecular weight excluding hydrogens is 260 g/mol. The van der Waals surface area contributed by atoms with Crippen LogP contribution in [0.1, 0.15) is 16.4 Å². The van der Waals surface area contributed by atoms with Gasteiger partial charge in [0.25, 0.3) is 0 Å². The Hall–Kier alpha value is -1.65. The molecule has 2 aromatic carbocycles. The first kappa shape index (κ1) is 13.8. The van der Waals surface area contributed by atoms with Gasteiger partial charge in [-0.05, 0) is 24.6 Å². The first-order valence-electron chi connectivity index (χ1n) is 6.02. The molecule has 0 bridgehead atoms. The SMILES string of the molecule is Cc1ccc(C(CO)S(=O)(=O)c2ccccc2)cc1. The van der Waals surface area contributed by atoms with E-state index in [1.807, 2.05) is 19.1 Å². The van der Waals surface area contributed by atoms with Crippen LogP contribution >= 0.6 is 0 Å². The highest BCUT2D eigenvalue weighted by Gasteiger charge is 2.28. The van der Waals surface area contributed by atoms with E-state index in [9.17, 15) is 13.5 Å². The predicted molar refractivity (Wildman–Crippen MR) is 74.6 cm³/mol. The fourth-order valence-electron chi connectivity index (χ4n) is 1.94. The fourth-order valence-corrected chi connectivity index (χ4v) is 3.51. The second-order valence-corrected chi connectivity index (χ2v) is 6.57. The molecule has 0 amide bonds. The smallest absolute Gasteiger partial charge is 0.187 e. The Kier molecular flexibility index (Phi) is 4.02. The number of sulfone groups is 1. The van der Waals surface area contributed by atoms with Crippen molar-refractivity contribution < 1.29 is 13.5 Å². The second-order valence-electron chi connectivity index (χ2n) is 4.44. The van der Waals surface area contributed by atoms with Gasteiger partial charge in [0.15, 0.2) is 9.84 Å². The second kappa shape index (κ2) is 5.55. The first-order chi connectivity index (χ1) is 9.05. The van der Waals surface area contributed by atoms with E-state index in [4.69, 9.17) is 0 Å². The van der Waals surface area contributed by atoms with Crippen LogP contribution < -0.4 is 0 Å². The maximum atomic E-state index is 12.5. The van der Waals surface area contributed by atoms with Gasteiger partial charge in [0, 0.05) is 0 Å². The molecule has 1 atom stereocenters. The molecule has 2 aromatic rings. The molecule has 4 heteroatoms. The Labute approximate surface area is 113 Å². The number of hydrogen-bond donors (Lipinski definition) is 1. The number of aliphatic hydroxyl groups is 1. The topological polar surface area (TPSA) is 54.4 Å². The van der Waals surface area contributed by atoms with Gasteiger partial charge in [-0.15, -0.1) is 0 Å². The van der Waals surface area contributed by atoms with Crippen molar-refractivity contribution in [3.8, 4) is 0 Å². The van der Waals surface area contributed by atoms with Gasteiger partial charge in [0.05, 0.1) is 11.5 Å². The van der Waals surface area contributed by atoms with Crippen molar-refractivity contribution in [3.05, 3.63) is 65.7 Å². The van der Waals surface area contributed by atoms with Crippen LogP contribution in [0.5, 0.6) is 0 Å². The zero-order valence-corrected chi connectivity index (χ0v) is 11.5. The van der Waals surface area contributed by atoms with Crippen LogP contribution in [-0.4, -0.2) is 20.1 Å². The number of rotatable bonds is 4. The quantitative estimate of drug-likeness (QED) is 0.933. The lowest BCUT2D eigenvalue weighted by Crippen LogP contribution is -2.17. The summed E-state index contributed by atoms with van der Waals surface area (Å²) in [4.78, 5) is 0.231. The normalized spacial score (nSPS) is 13.2. The van der Waals surface area contributed by atoms with E-state index in [2.05, 4.69) is 0 Å². The van der Waals surface area contributed by atoms with E-state index in [1.54, 1.807) is 42.5 Å². The number of aryl methyl sites for hydroxylation is 1. The minimum absolute atomic E-state index is 0.231. The molecule has 1 N–H and O–H groups in total. The van der Waals surface area contributed by atoms with Crippen molar-refractivity contribution in [2.24, 2.45) is 0 Å². The van der Waals surface area contributed by atoms with Crippen molar-refractivity contribution in [3.63, 3.8) is 0 Å². The van der Waals surface area contributed by atoms with Crippen molar-refractivity contribution in [1.29, 1.82) is 0 Å². The largest absolute Gasteiger partial charge is 0.395 e. The predicted octanol–water partition coefficient (Wildman–Crippen LogP) is 2.50. The molecule has 1 unspecified atom stereocenters. The van der Waals surface area contributed by atoms with Crippen LogP contribution in [0.2, 0.25) is 0 Å². The molecule has 0 aliphatic heterocycles. The molecule has 0 saturated carbocycles. The summed E-state index contributed by atoms with van der Waals surface area (Å²) in [5, 5.41) is 8.55. The molecule has 0 radical (unpaired) electrons. The Bertz CT molecular complexity index is 631. The average molecular weight is 276 g/mol. The summed E-state index contributed by atoms with van der Waals surface area (Å²) >= 11 is 0. The molecular formula is C15H16O3S. The van der Waals surface area contributed by atoms with E-state index in [0.717, 1.165) is 5.56 Å². The fraction of sp³-hybridized carbons (Fsp3) is 0.200. The van der Waals surface area contributed by atoms with Gasteiger partial charge in [0.1, 0.15) is 5.25 Å². The summed E-state index contributed by atoms with van der Waals surface area (Å²) in [7, 11) is -3.57. The first-order valence-corrected chi connectivity index (χ1v) is 7.56. The highest BCUT2D eigenvalue weighted by molar-refractivity contribution is 7.91. The van der Waals surface area contributed by atoms with Crippen molar-refractivity contribution in [2.75, 3.05) is 6.61 Å². The van der Waals surface area contributed by atoms with Crippen molar-refractivity contribution in [1.82, 2.24) is 0 Å². The van der Waals surface area contributed by atoms with Crippen LogP contribution in [-0.2, 0) is 9.84 Å². The highest BCUT2D eigenvalue weighted by atomic mass is 32.2. The van der Waals surface area contributed by atoms with Gasteiger partial charge >= 0.3 is 0 Å². The Morgan fingerprint density at radius 3 is 2.11 bits per heavy atom. The monoisotopic (exact) mass is 276 g/mol. The molecule has 19 heavy (non-hydrogen) atoms. The number of benzene rings is 2. The minimum Gasteiger partial charge on any atom is -0.395 e. The molecule has 3 nitrogen and oxygen atoms in total. The summed E-state index contributed by atoms with van der Waals surface area (Å²) < 4.78 is 25.0. The number of hydrogen-bond acceptors (Lipinski definition) is 3. The third kappa shape index (κ3) is 2.85. The molecule has 0 aliphatic rings. The van der Waals surface area contributed by atoms with Crippen LogP contribution in [0, 0.1) is 6.92 Å². The standard InChI is InChI=1S/C15H16O3S/c1-12-7-9-13(10-8-12)15(11-16)19(17,18)14-5-3-2-4-6-14/h2-10,15-16H,11H2,1H3. The van der Waals surface area contributed by atoms with Gasteiger partial charge in [-0.1, -0.05) is 48.0 Å². The molecule has 0 spiro atoms. The lowest BCUT2D eigenvalue weighted by Gasteiger charge is -2.16. The minimum atomic E-state index is -3.57. The zero-order valence-electron chi connectivity index (χ0n) is 10.7. The molecule has 0 saturated heterocycles. The highest BCUT2D eigenvalue weighted by Crippen LogP contribution is 2.28. The summed E-state index contributed by atoms with van der Waals surface area (Å²) in [5.74, 6) is 0. The third-order valence-corrected chi connectivity index (χ3v) is 5.16. The lowest BCUT2D eigenvalue weighted by atomic mass is 10.1. The van der Waals surface area contributed by atoms with E-state index < -0.39 is 21.7 Å². The van der Waals surface area contributed by atoms with Gasteiger partial charge in [-0.2, -0.15) is 0 Å². The summed E-state index contributed by atoms with van der Waals surface area (Å²) in [6.45, 7) is 1.50. The average Bonchev–Trinajstić information content (AvgIpc) is 2.42. The summed E-state index contributed by atoms with van der Waals surface area (Å²) in [6.07, 6.45) is 0. The third-order valence-electron chi connectivity index (χ3n) is 3.06. The van der Waals surface area contributed by atoms with Crippen molar-refractivity contribution in [2.45, 2.75) is 17.1 Å². The Morgan fingerprint density at radius 1 is 1.00 bits per heavy atom. The van der Waals surface area contributed by atoms with Gasteiger partial charge in [0.2, 0.25) is 0 Å². The summed E-state index contributed by atoms with van der Waals surface area (Å²) in [6, 6.07) is 15.4. The van der Waals surface area contributed by atoms with Gasteiger partial charge in [-0.25, -0.2) is 8.42 Å². The molecule has 2 rings (SSSR count). The lowest BCUT2D eigenvalue weighted by molar-refractivity contribution is 0.291. The maximum absolute atomic E-state index is 12.5. The molecule has 0 aliphatic carbocycles. The summed E-state index contributed by atoms with van der Waals surface area (Å²) in [5.41, 5.74) is 1.66. The van der Waals surface area contributed by atoms with Crippen LogP contribution in [0.15, 0.2) is 59.5 Å². The van der Waals surface area contributed by atoms with E-state index in [1.165, 1.54) is 0 Å². The molecule has 0 aromatic heterocycles. The molecule has 100 valence electrons. The Balaban J connectivity index is 2.45. The van der Waals surface area contributed by atoms with Crippen LogP contribution in [0.3, 0.4) is 0 Å². The van der Waals surface area contributed by atoms with Crippen molar-refractivity contribution >= 4 is 9.84 Å². The van der Waals surface area contributed by atoms with Crippen LogP contribution in [0.25, 0.3) is 0 Å². The number of aliphatic hydroxyl groups excluding tert-OH is 1. The Morgan fingerprint density at radius 2 is 1.58 bits per heavy atom. The molecule has 0 heterocycles. The van der Waals surface area contributed by atoms with E-state index >= 15 is 0 Å². The maximum Gasteiger partial charge on any atom is 0.187 e. The van der Waals surface area contributed by atoms with E-state index in [0.29, 0.717) is 5.56 Å². The van der Waals surface area contributed by atoms with Gasteiger partial charge in [-0.3, -0.25) is 0 Å².